The molecule has 16 heavy (non-hydrogen) atoms. The van der Waals surface area contributed by atoms with Gasteiger partial charge in [-0.25, -0.2) is 0 Å². The average molecular weight is 254 g/mol. The molecule has 3 fully saturated rings. The lowest BCUT2D eigenvalue weighted by atomic mass is 9.57. The van der Waals surface area contributed by atoms with E-state index < -0.39 is 0 Å². The van der Waals surface area contributed by atoms with Gasteiger partial charge >= 0.3 is 0 Å². The fourth-order valence-electron chi connectivity index (χ4n) is 3.36. The molecule has 1 heterocycles. The van der Waals surface area contributed by atoms with Crippen molar-refractivity contribution in [3.05, 3.63) is 9.81 Å². The van der Waals surface area contributed by atoms with E-state index in [1.807, 2.05) is 5.57 Å². The van der Waals surface area contributed by atoms with Crippen molar-refractivity contribution < 1.29 is 0 Å². The summed E-state index contributed by atoms with van der Waals surface area (Å²) in [5, 5.41) is 0. The van der Waals surface area contributed by atoms with Crippen LogP contribution in [0.2, 0.25) is 0 Å². The van der Waals surface area contributed by atoms with E-state index in [4.69, 9.17) is 0 Å². The normalized spacial score (nSPS) is 39.9. The van der Waals surface area contributed by atoms with Gasteiger partial charge in [0.2, 0.25) is 0 Å². The van der Waals surface area contributed by atoms with Crippen molar-refractivity contribution in [2.45, 2.75) is 51.9 Å². The Hall–Kier alpha value is 0.440. The van der Waals surface area contributed by atoms with Gasteiger partial charge in [0.25, 0.3) is 0 Å². The molecule has 2 heteroatoms. The number of hydrogen-bond donors (Lipinski definition) is 0. The molecule has 90 valence electrons. The van der Waals surface area contributed by atoms with E-state index in [1.165, 1.54) is 56.5 Å². The summed E-state index contributed by atoms with van der Waals surface area (Å²) in [6.07, 6.45) is 10.3. The maximum absolute atomic E-state index is 2.43. The Morgan fingerprint density at radius 1 is 1.06 bits per heavy atom. The Morgan fingerprint density at radius 2 is 1.69 bits per heavy atom. The van der Waals surface area contributed by atoms with Gasteiger partial charge in [-0.05, 0) is 60.5 Å². The Balaban J connectivity index is 1.60. The Morgan fingerprint density at radius 3 is 2.31 bits per heavy atom. The monoisotopic (exact) mass is 254 g/mol. The van der Waals surface area contributed by atoms with Crippen molar-refractivity contribution in [3.63, 3.8) is 0 Å². The summed E-state index contributed by atoms with van der Waals surface area (Å²) in [5.74, 6) is 3.74. The molecule has 0 N–H and O–H groups in total. The van der Waals surface area contributed by atoms with Crippen LogP contribution in [0.25, 0.3) is 0 Å². The Bertz CT molecular complexity index is 280. The van der Waals surface area contributed by atoms with Gasteiger partial charge < -0.3 is 0 Å². The van der Waals surface area contributed by atoms with Crippen LogP contribution in [0.5, 0.6) is 0 Å². The molecule has 2 saturated carbocycles. The van der Waals surface area contributed by atoms with Crippen molar-refractivity contribution in [2.75, 3.05) is 11.5 Å². The zero-order valence-corrected chi connectivity index (χ0v) is 11.9. The second-order valence-corrected chi connectivity index (χ2v) is 8.45. The summed E-state index contributed by atoms with van der Waals surface area (Å²) in [7, 11) is 0. The van der Waals surface area contributed by atoms with Gasteiger partial charge in [-0.1, -0.05) is 19.8 Å². The summed E-state index contributed by atoms with van der Waals surface area (Å²) >= 11 is 4.28. The summed E-state index contributed by atoms with van der Waals surface area (Å²) in [4.78, 5) is 0. The maximum atomic E-state index is 2.43. The fraction of sp³-hybridized carbons (Fsp3) is 0.857. The maximum Gasteiger partial charge on any atom is 0.0393 e. The molecule has 0 unspecified atom stereocenters. The van der Waals surface area contributed by atoms with E-state index in [1.54, 1.807) is 4.24 Å². The van der Waals surface area contributed by atoms with Gasteiger partial charge in [-0.3, -0.25) is 0 Å². The number of hydrogen-bond acceptors (Lipinski definition) is 2. The highest BCUT2D eigenvalue weighted by molar-refractivity contribution is 8.22. The van der Waals surface area contributed by atoms with E-state index in [9.17, 15) is 0 Å². The predicted octanol–water partition coefficient (Wildman–Crippen LogP) is 5.06. The van der Waals surface area contributed by atoms with E-state index in [2.05, 4.69) is 30.4 Å². The van der Waals surface area contributed by atoms with Crippen LogP contribution in [-0.4, -0.2) is 11.5 Å². The molecule has 0 bridgehead atoms. The van der Waals surface area contributed by atoms with Crippen LogP contribution in [0.3, 0.4) is 0 Å². The van der Waals surface area contributed by atoms with Crippen LogP contribution in [0.15, 0.2) is 9.81 Å². The zero-order valence-electron chi connectivity index (χ0n) is 10.3. The molecule has 0 radical (unpaired) electrons. The molecule has 2 aliphatic carbocycles. The predicted molar refractivity (Wildman–Crippen MR) is 75.9 cm³/mol. The SMILES string of the molecule is CC1CCC2(CC1)CC(=C1SCCCS1)C2. The minimum atomic E-state index is 0.771. The van der Waals surface area contributed by atoms with Crippen molar-refractivity contribution in [1.29, 1.82) is 0 Å². The molecule has 0 nitrogen and oxygen atoms in total. The van der Waals surface area contributed by atoms with Crippen molar-refractivity contribution in [3.8, 4) is 0 Å². The van der Waals surface area contributed by atoms with Crippen molar-refractivity contribution in [1.82, 2.24) is 0 Å². The fourth-order valence-corrected chi connectivity index (χ4v) is 6.02. The van der Waals surface area contributed by atoms with Crippen LogP contribution in [0.4, 0.5) is 0 Å². The third kappa shape index (κ3) is 2.20. The lowest BCUT2D eigenvalue weighted by Gasteiger charge is -2.49. The molecule has 0 aromatic heterocycles. The van der Waals surface area contributed by atoms with Crippen molar-refractivity contribution >= 4 is 23.5 Å². The first kappa shape index (κ1) is 11.5. The molecule has 0 aromatic carbocycles. The van der Waals surface area contributed by atoms with E-state index in [0.717, 1.165) is 11.3 Å². The minimum Gasteiger partial charge on any atom is -0.119 e. The number of thioether (sulfide) groups is 2. The molecule has 3 rings (SSSR count). The van der Waals surface area contributed by atoms with Crippen LogP contribution >= 0.6 is 23.5 Å². The molecule has 0 amide bonds. The quantitative estimate of drug-likeness (QED) is 0.593. The summed E-state index contributed by atoms with van der Waals surface area (Å²) in [6, 6.07) is 0. The first-order valence-electron chi connectivity index (χ1n) is 6.75. The summed E-state index contributed by atoms with van der Waals surface area (Å²) in [5.41, 5.74) is 2.59. The highest BCUT2D eigenvalue weighted by atomic mass is 32.2. The lowest BCUT2D eigenvalue weighted by molar-refractivity contribution is 0.106. The third-order valence-electron chi connectivity index (χ3n) is 4.56. The van der Waals surface area contributed by atoms with Gasteiger partial charge in [0.1, 0.15) is 0 Å². The second kappa shape index (κ2) is 4.61. The molecular weight excluding hydrogens is 232 g/mol. The smallest absolute Gasteiger partial charge is 0.0393 e. The molecular formula is C14H22S2. The lowest BCUT2D eigenvalue weighted by Crippen LogP contribution is -2.35. The summed E-state index contributed by atoms with van der Waals surface area (Å²) in [6.45, 7) is 2.43. The standard InChI is InChI=1S/C14H22S2/c1-11-3-5-14(6-4-11)9-12(10-14)13-15-7-2-8-16-13/h11H,2-10H2,1H3. The van der Waals surface area contributed by atoms with Crippen LogP contribution in [-0.2, 0) is 0 Å². The Labute approximate surface area is 108 Å². The van der Waals surface area contributed by atoms with E-state index >= 15 is 0 Å². The summed E-state index contributed by atoms with van der Waals surface area (Å²) < 4.78 is 1.72. The largest absolute Gasteiger partial charge is 0.119 e. The van der Waals surface area contributed by atoms with E-state index in [0.29, 0.717) is 0 Å². The average Bonchev–Trinajstić information content (AvgIpc) is 2.29. The van der Waals surface area contributed by atoms with Gasteiger partial charge in [-0.2, -0.15) is 0 Å². The zero-order chi connectivity index (χ0) is 11.0. The highest BCUT2D eigenvalue weighted by Gasteiger charge is 2.43. The van der Waals surface area contributed by atoms with Crippen LogP contribution in [0, 0.1) is 11.3 Å². The second-order valence-electron chi connectivity index (χ2n) is 5.98. The highest BCUT2D eigenvalue weighted by Crippen LogP contribution is 2.58. The molecule has 0 aromatic rings. The third-order valence-corrected chi connectivity index (χ3v) is 7.35. The van der Waals surface area contributed by atoms with Crippen molar-refractivity contribution in [2.24, 2.45) is 11.3 Å². The number of rotatable bonds is 0. The molecule has 3 aliphatic rings. The van der Waals surface area contributed by atoms with Gasteiger partial charge in [-0.15, -0.1) is 23.5 Å². The first-order chi connectivity index (χ1) is 7.77. The topological polar surface area (TPSA) is 0 Å². The number of allylic oxidation sites excluding steroid dienone is 1. The van der Waals surface area contributed by atoms with Gasteiger partial charge in [0.05, 0.1) is 0 Å². The van der Waals surface area contributed by atoms with Gasteiger partial charge in [0, 0.05) is 4.24 Å². The van der Waals surface area contributed by atoms with Gasteiger partial charge in [0.15, 0.2) is 0 Å². The molecule has 1 spiro atoms. The first-order valence-corrected chi connectivity index (χ1v) is 8.72. The molecule has 1 aliphatic heterocycles. The van der Waals surface area contributed by atoms with Crippen LogP contribution < -0.4 is 0 Å². The minimum absolute atomic E-state index is 0.771. The van der Waals surface area contributed by atoms with E-state index in [-0.39, 0.29) is 0 Å². The molecule has 0 atom stereocenters. The van der Waals surface area contributed by atoms with Crippen LogP contribution in [0.1, 0.15) is 51.9 Å². The Kier molecular flexibility index (Phi) is 3.32. The molecule has 1 saturated heterocycles.